The molecule has 0 aliphatic rings. The molecule has 1 amide bonds. The lowest BCUT2D eigenvalue weighted by atomic mass is 10.1. The Hall–Kier alpha value is -1.51. The monoisotopic (exact) mass is 234 g/mol. The summed E-state index contributed by atoms with van der Waals surface area (Å²) in [6.07, 6.45) is 1.09. The predicted molar refractivity (Wildman–Crippen MR) is 72.6 cm³/mol. The van der Waals surface area contributed by atoms with Crippen LogP contribution in [0.15, 0.2) is 18.2 Å². The largest absolute Gasteiger partial charge is 0.385 e. The molecule has 0 saturated heterocycles. The molecule has 0 fully saturated rings. The Labute approximate surface area is 104 Å². The molecular weight excluding hydrogens is 212 g/mol. The van der Waals surface area contributed by atoms with Gasteiger partial charge in [0.1, 0.15) is 0 Å². The summed E-state index contributed by atoms with van der Waals surface area (Å²) in [4.78, 5) is 11.8. The minimum Gasteiger partial charge on any atom is -0.385 e. The van der Waals surface area contributed by atoms with Gasteiger partial charge in [-0.2, -0.15) is 0 Å². The zero-order chi connectivity index (χ0) is 12.8. The number of carbonyl (C=O) groups excluding carboxylic acids is 1. The first-order valence-electron chi connectivity index (χ1n) is 6.20. The number of carbonyl (C=O) groups is 1. The maximum absolute atomic E-state index is 11.8. The molecule has 17 heavy (non-hydrogen) atoms. The van der Waals surface area contributed by atoms with Gasteiger partial charge < -0.3 is 10.6 Å². The van der Waals surface area contributed by atoms with Crippen LogP contribution in [0.3, 0.4) is 0 Å². The number of aryl methyl sites for hydroxylation is 1. The van der Waals surface area contributed by atoms with E-state index in [2.05, 4.69) is 17.6 Å². The van der Waals surface area contributed by atoms with Gasteiger partial charge in [-0.15, -0.1) is 0 Å². The third kappa shape index (κ3) is 4.10. The van der Waals surface area contributed by atoms with E-state index >= 15 is 0 Å². The van der Waals surface area contributed by atoms with Crippen molar-refractivity contribution in [3.8, 4) is 0 Å². The Morgan fingerprint density at radius 3 is 2.59 bits per heavy atom. The molecular formula is C14H22N2O. The lowest BCUT2D eigenvalue weighted by Gasteiger charge is -2.12. The van der Waals surface area contributed by atoms with E-state index in [1.807, 2.05) is 39.0 Å². The molecule has 1 aromatic rings. The molecule has 0 aliphatic carbocycles. The number of amides is 1. The summed E-state index contributed by atoms with van der Waals surface area (Å²) in [5.74, 6) is -0.00913. The van der Waals surface area contributed by atoms with Crippen LogP contribution in [-0.2, 0) is 0 Å². The van der Waals surface area contributed by atoms with Gasteiger partial charge in [0.25, 0.3) is 5.91 Å². The third-order valence-electron chi connectivity index (χ3n) is 2.47. The standard InChI is InChI=1S/C14H22N2O/c1-5-8-15-13-7-6-12(9-11(13)4)14(17)16-10(2)3/h6-7,9-10,15H,5,8H2,1-4H3,(H,16,17). The van der Waals surface area contributed by atoms with Crippen LogP contribution in [0.4, 0.5) is 5.69 Å². The Morgan fingerprint density at radius 1 is 1.35 bits per heavy atom. The van der Waals surface area contributed by atoms with E-state index in [1.54, 1.807) is 0 Å². The van der Waals surface area contributed by atoms with Crippen molar-refractivity contribution in [2.75, 3.05) is 11.9 Å². The molecule has 0 aliphatic heterocycles. The highest BCUT2D eigenvalue weighted by Gasteiger charge is 2.08. The highest BCUT2D eigenvalue weighted by Crippen LogP contribution is 2.16. The molecule has 94 valence electrons. The van der Waals surface area contributed by atoms with Crippen LogP contribution in [0, 0.1) is 6.92 Å². The van der Waals surface area contributed by atoms with Gasteiger partial charge in [-0.05, 0) is 51.0 Å². The second-order valence-electron chi connectivity index (χ2n) is 4.58. The molecule has 1 aromatic carbocycles. The van der Waals surface area contributed by atoms with E-state index in [1.165, 1.54) is 0 Å². The number of rotatable bonds is 5. The normalized spacial score (nSPS) is 10.4. The number of anilines is 1. The van der Waals surface area contributed by atoms with E-state index in [0.29, 0.717) is 0 Å². The Morgan fingerprint density at radius 2 is 2.06 bits per heavy atom. The summed E-state index contributed by atoms with van der Waals surface area (Å²) >= 11 is 0. The van der Waals surface area contributed by atoms with E-state index in [9.17, 15) is 4.79 Å². The second-order valence-corrected chi connectivity index (χ2v) is 4.58. The summed E-state index contributed by atoms with van der Waals surface area (Å²) in [6, 6.07) is 5.93. The fourth-order valence-corrected chi connectivity index (χ4v) is 1.61. The van der Waals surface area contributed by atoms with Gasteiger partial charge in [-0.3, -0.25) is 4.79 Å². The van der Waals surface area contributed by atoms with Crippen molar-refractivity contribution in [2.24, 2.45) is 0 Å². The van der Waals surface area contributed by atoms with Gasteiger partial charge in [-0.25, -0.2) is 0 Å². The topological polar surface area (TPSA) is 41.1 Å². The van der Waals surface area contributed by atoms with Crippen molar-refractivity contribution in [1.82, 2.24) is 5.32 Å². The number of hydrogen-bond acceptors (Lipinski definition) is 2. The maximum Gasteiger partial charge on any atom is 0.251 e. The van der Waals surface area contributed by atoms with Crippen molar-refractivity contribution in [1.29, 1.82) is 0 Å². The van der Waals surface area contributed by atoms with Crippen LogP contribution < -0.4 is 10.6 Å². The first-order valence-corrected chi connectivity index (χ1v) is 6.20. The molecule has 0 atom stereocenters. The number of benzene rings is 1. The van der Waals surface area contributed by atoms with Crippen molar-refractivity contribution < 1.29 is 4.79 Å². The van der Waals surface area contributed by atoms with Crippen LogP contribution in [0.1, 0.15) is 43.1 Å². The Bertz CT molecular complexity index is 386. The molecule has 2 N–H and O–H groups in total. The molecule has 0 unspecified atom stereocenters. The fourth-order valence-electron chi connectivity index (χ4n) is 1.61. The fraction of sp³-hybridized carbons (Fsp3) is 0.500. The average molecular weight is 234 g/mol. The van der Waals surface area contributed by atoms with Crippen molar-refractivity contribution in [3.05, 3.63) is 29.3 Å². The van der Waals surface area contributed by atoms with E-state index in [4.69, 9.17) is 0 Å². The summed E-state index contributed by atoms with van der Waals surface area (Å²) < 4.78 is 0. The number of hydrogen-bond donors (Lipinski definition) is 2. The van der Waals surface area contributed by atoms with Gasteiger partial charge in [0.15, 0.2) is 0 Å². The van der Waals surface area contributed by atoms with Gasteiger partial charge in [0.2, 0.25) is 0 Å². The molecule has 0 aromatic heterocycles. The molecule has 0 radical (unpaired) electrons. The van der Waals surface area contributed by atoms with E-state index < -0.39 is 0 Å². The van der Waals surface area contributed by atoms with Crippen LogP contribution in [-0.4, -0.2) is 18.5 Å². The molecule has 0 saturated carbocycles. The van der Waals surface area contributed by atoms with Crippen LogP contribution in [0.25, 0.3) is 0 Å². The molecule has 0 bridgehead atoms. The maximum atomic E-state index is 11.8. The van der Waals surface area contributed by atoms with Crippen LogP contribution >= 0.6 is 0 Å². The highest BCUT2D eigenvalue weighted by atomic mass is 16.1. The minimum absolute atomic E-state index is 0.00913. The van der Waals surface area contributed by atoms with Gasteiger partial charge >= 0.3 is 0 Å². The molecule has 3 nitrogen and oxygen atoms in total. The summed E-state index contributed by atoms with van der Waals surface area (Å²) in [6.45, 7) is 9.03. The second kappa shape index (κ2) is 6.28. The number of nitrogens with one attached hydrogen (secondary N) is 2. The molecule has 0 spiro atoms. The van der Waals surface area contributed by atoms with E-state index in [-0.39, 0.29) is 11.9 Å². The molecule has 1 rings (SSSR count). The predicted octanol–water partition coefficient (Wildman–Crippen LogP) is 2.96. The van der Waals surface area contributed by atoms with Crippen LogP contribution in [0.2, 0.25) is 0 Å². The van der Waals surface area contributed by atoms with Crippen molar-refractivity contribution >= 4 is 11.6 Å². The zero-order valence-electron chi connectivity index (χ0n) is 11.1. The van der Waals surface area contributed by atoms with Gasteiger partial charge in [0, 0.05) is 23.8 Å². The van der Waals surface area contributed by atoms with E-state index in [0.717, 1.165) is 29.8 Å². The van der Waals surface area contributed by atoms with Gasteiger partial charge in [-0.1, -0.05) is 6.92 Å². The highest BCUT2D eigenvalue weighted by molar-refractivity contribution is 5.95. The third-order valence-corrected chi connectivity index (χ3v) is 2.47. The minimum atomic E-state index is -0.00913. The first-order chi connectivity index (χ1) is 8.04. The summed E-state index contributed by atoms with van der Waals surface area (Å²) in [5, 5.41) is 6.23. The summed E-state index contributed by atoms with van der Waals surface area (Å²) in [7, 11) is 0. The SMILES string of the molecule is CCCNc1ccc(C(=O)NC(C)C)cc1C. The van der Waals surface area contributed by atoms with Crippen molar-refractivity contribution in [3.63, 3.8) is 0 Å². The van der Waals surface area contributed by atoms with Gasteiger partial charge in [0.05, 0.1) is 0 Å². The Balaban J connectivity index is 2.77. The quantitative estimate of drug-likeness (QED) is 0.822. The zero-order valence-corrected chi connectivity index (χ0v) is 11.1. The molecule has 0 heterocycles. The lowest BCUT2D eigenvalue weighted by Crippen LogP contribution is -2.30. The smallest absolute Gasteiger partial charge is 0.251 e. The lowest BCUT2D eigenvalue weighted by molar-refractivity contribution is 0.0943. The average Bonchev–Trinajstić information content (AvgIpc) is 2.26. The summed E-state index contributed by atoms with van der Waals surface area (Å²) in [5.41, 5.74) is 2.93. The molecule has 3 heteroatoms. The Kier molecular flexibility index (Phi) is 5.01. The van der Waals surface area contributed by atoms with Crippen LogP contribution in [0.5, 0.6) is 0 Å². The van der Waals surface area contributed by atoms with Crippen molar-refractivity contribution in [2.45, 2.75) is 40.2 Å². The first kappa shape index (κ1) is 13.6.